The lowest BCUT2D eigenvalue weighted by Gasteiger charge is -2.19. The van der Waals surface area contributed by atoms with Crippen molar-refractivity contribution in [3.05, 3.63) is 47.7 Å². The van der Waals surface area contributed by atoms with E-state index in [1.807, 2.05) is 6.92 Å². The van der Waals surface area contributed by atoms with E-state index in [4.69, 9.17) is 4.74 Å². The van der Waals surface area contributed by atoms with E-state index in [9.17, 15) is 4.39 Å². The van der Waals surface area contributed by atoms with Crippen LogP contribution in [0.1, 0.15) is 32.0 Å². The van der Waals surface area contributed by atoms with Gasteiger partial charge in [0, 0.05) is 12.1 Å². The molecule has 4 nitrogen and oxygen atoms in total. The fraction of sp³-hybridized carbons (Fsp3) is 0.375. The van der Waals surface area contributed by atoms with Crippen LogP contribution in [-0.2, 0) is 6.54 Å². The number of aryl methyl sites for hydroxylation is 1. The van der Waals surface area contributed by atoms with Gasteiger partial charge in [-0.1, -0.05) is 6.07 Å². The predicted octanol–water partition coefficient (Wildman–Crippen LogP) is 3.60. The van der Waals surface area contributed by atoms with Crippen molar-refractivity contribution in [3.8, 4) is 11.6 Å². The summed E-state index contributed by atoms with van der Waals surface area (Å²) in [6, 6.07) is 4.70. The van der Waals surface area contributed by atoms with E-state index in [0.29, 0.717) is 6.54 Å². The number of rotatable bonds is 4. The Balaban J connectivity index is 2.04. The highest BCUT2D eigenvalue weighted by molar-refractivity contribution is 5.32. The van der Waals surface area contributed by atoms with Crippen LogP contribution in [0.15, 0.2) is 30.6 Å². The quantitative estimate of drug-likeness (QED) is 0.934. The van der Waals surface area contributed by atoms with E-state index in [2.05, 4.69) is 36.1 Å². The fourth-order valence-electron chi connectivity index (χ4n) is 1.64. The van der Waals surface area contributed by atoms with Gasteiger partial charge in [0.15, 0.2) is 11.6 Å². The largest absolute Gasteiger partial charge is 0.434 e. The first-order valence-electron chi connectivity index (χ1n) is 6.83. The summed E-state index contributed by atoms with van der Waals surface area (Å²) in [5, 5.41) is 3.32. The van der Waals surface area contributed by atoms with Crippen molar-refractivity contribution < 1.29 is 9.13 Å². The maximum Gasteiger partial charge on any atom is 0.237 e. The number of hydrogen-bond donors (Lipinski definition) is 1. The third-order valence-corrected chi connectivity index (χ3v) is 2.78. The van der Waals surface area contributed by atoms with Crippen LogP contribution in [0.3, 0.4) is 0 Å². The number of aromatic nitrogens is 2. The van der Waals surface area contributed by atoms with Crippen LogP contribution >= 0.6 is 0 Å². The normalized spacial score (nSPS) is 11.5. The molecule has 0 spiro atoms. The van der Waals surface area contributed by atoms with Gasteiger partial charge < -0.3 is 10.1 Å². The molecule has 1 aromatic heterocycles. The molecular weight excluding hydrogens is 269 g/mol. The van der Waals surface area contributed by atoms with Gasteiger partial charge in [-0.3, -0.25) is 4.98 Å². The van der Waals surface area contributed by atoms with Crippen molar-refractivity contribution in [2.24, 2.45) is 0 Å². The van der Waals surface area contributed by atoms with Gasteiger partial charge in [0.05, 0.1) is 18.1 Å². The van der Waals surface area contributed by atoms with Crippen molar-refractivity contribution in [2.75, 3.05) is 0 Å². The van der Waals surface area contributed by atoms with E-state index in [1.54, 1.807) is 18.3 Å². The van der Waals surface area contributed by atoms with Crippen molar-refractivity contribution in [2.45, 2.75) is 39.8 Å². The molecule has 112 valence electrons. The van der Waals surface area contributed by atoms with E-state index in [0.717, 1.165) is 11.3 Å². The van der Waals surface area contributed by atoms with Crippen LogP contribution in [0.4, 0.5) is 4.39 Å². The highest BCUT2D eigenvalue weighted by Crippen LogP contribution is 2.23. The lowest BCUT2D eigenvalue weighted by molar-refractivity contribution is 0.414. The number of nitrogens with one attached hydrogen (secondary N) is 1. The molecule has 0 aliphatic carbocycles. The van der Waals surface area contributed by atoms with Gasteiger partial charge >= 0.3 is 0 Å². The summed E-state index contributed by atoms with van der Waals surface area (Å²) in [6.45, 7) is 8.74. The molecule has 1 heterocycles. The Hall–Kier alpha value is -2.01. The Bertz CT molecular complexity index is 606. The maximum atomic E-state index is 13.6. The zero-order valence-electron chi connectivity index (χ0n) is 12.8. The van der Waals surface area contributed by atoms with Crippen molar-refractivity contribution in [3.63, 3.8) is 0 Å². The third kappa shape index (κ3) is 4.79. The minimum absolute atomic E-state index is 0.0154. The Morgan fingerprint density at radius 3 is 2.57 bits per heavy atom. The Labute approximate surface area is 124 Å². The fourth-order valence-corrected chi connectivity index (χ4v) is 1.64. The predicted molar refractivity (Wildman–Crippen MR) is 79.8 cm³/mol. The SMILES string of the molecule is Cc1ccc(F)c(Oc2cnc(CNC(C)(C)C)cn2)c1. The van der Waals surface area contributed by atoms with Crippen LogP contribution in [0.25, 0.3) is 0 Å². The molecular formula is C16H20FN3O. The summed E-state index contributed by atoms with van der Waals surface area (Å²) < 4.78 is 19.0. The second-order valence-electron chi connectivity index (χ2n) is 5.99. The number of hydrogen-bond acceptors (Lipinski definition) is 4. The number of halogens is 1. The molecule has 2 rings (SSSR count). The summed E-state index contributed by atoms with van der Waals surface area (Å²) in [6.07, 6.45) is 3.13. The molecule has 1 aromatic carbocycles. The minimum Gasteiger partial charge on any atom is -0.434 e. The first-order valence-corrected chi connectivity index (χ1v) is 6.83. The molecule has 0 saturated heterocycles. The first kappa shape index (κ1) is 15.4. The van der Waals surface area contributed by atoms with Gasteiger partial charge in [-0.25, -0.2) is 9.37 Å². The van der Waals surface area contributed by atoms with Gasteiger partial charge in [0.1, 0.15) is 0 Å². The van der Waals surface area contributed by atoms with Gasteiger partial charge in [-0.15, -0.1) is 0 Å². The van der Waals surface area contributed by atoms with Gasteiger partial charge in [-0.05, 0) is 45.4 Å². The molecule has 1 N–H and O–H groups in total. The topological polar surface area (TPSA) is 47.0 Å². The Kier molecular flexibility index (Phi) is 4.53. The van der Waals surface area contributed by atoms with Crippen molar-refractivity contribution in [1.82, 2.24) is 15.3 Å². The smallest absolute Gasteiger partial charge is 0.237 e. The monoisotopic (exact) mass is 289 g/mol. The van der Waals surface area contributed by atoms with E-state index >= 15 is 0 Å². The molecule has 0 amide bonds. The second kappa shape index (κ2) is 6.18. The second-order valence-corrected chi connectivity index (χ2v) is 5.99. The molecule has 21 heavy (non-hydrogen) atoms. The summed E-state index contributed by atoms with van der Waals surface area (Å²) in [4.78, 5) is 8.41. The lowest BCUT2D eigenvalue weighted by atomic mass is 10.1. The number of ether oxygens (including phenoxy) is 1. The highest BCUT2D eigenvalue weighted by Gasteiger charge is 2.10. The highest BCUT2D eigenvalue weighted by atomic mass is 19.1. The number of nitrogens with zero attached hydrogens (tertiary/aromatic N) is 2. The summed E-state index contributed by atoms with van der Waals surface area (Å²) >= 11 is 0. The molecule has 0 fully saturated rings. The minimum atomic E-state index is -0.416. The van der Waals surface area contributed by atoms with Crippen LogP contribution in [0.2, 0.25) is 0 Å². The summed E-state index contributed by atoms with van der Waals surface area (Å²) in [7, 11) is 0. The summed E-state index contributed by atoms with van der Waals surface area (Å²) in [5.41, 5.74) is 1.74. The molecule has 0 bridgehead atoms. The average Bonchev–Trinajstić information content (AvgIpc) is 2.41. The molecule has 0 aliphatic heterocycles. The molecule has 0 radical (unpaired) electrons. The summed E-state index contributed by atoms with van der Waals surface area (Å²) in [5.74, 6) is 0.0183. The molecule has 0 saturated carbocycles. The molecule has 5 heteroatoms. The van der Waals surface area contributed by atoms with Crippen LogP contribution < -0.4 is 10.1 Å². The molecule has 0 atom stereocenters. The molecule has 0 unspecified atom stereocenters. The first-order chi connectivity index (χ1) is 9.83. The van der Waals surface area contributed by atoms with Crippen LogP contribution in [-0.4, -0.2) is 15.5 Å². The molecule has 2 aromatic rings. The number of benzene rings is 1. The van der Waals surface area contributed by atoms with Gasteiger partial charge in [0.25, 0.3) is 0 Å². The molecule has 0 aliphatic rings. The zero-order chi connectivity index (χ0) is 15.5. The van der Waals surface area contributed by atoms with Crippen LogP contribution in [0.5, 0.6) is 11.6 Å². The van der Waals surface area contributed by atoms with Crippen molar-refractivity contribution >= 4 is 0 Å². The van der Waals surface area contributed by atoms with Gasteiger partial charge in [-0.2, -0.15) is 0 Å². The third-order valence-electron chi connectivity index (χ3n) is 2.78. The lowest BCUT2D eigenvalue weighted by Crippen LogP contribution is -2.35. The standard InChI is InChI=1S/C16H20FN3O/c1-11-5-6-13(17)14(7-11)21-15-10-18-12(8-19-15)9-20-16(2,3)4/h5-8,10,20H,9H2,1-4H3. The van der Waals surface area contributed by atoms with Crippen LogP contribution in [0, 0.1) is 12.7 Å². The van der Waals surface area contributed by atoms with E-state index in [-0.39, 0.29) is 17.2 Å². The van der Waals surface area contributed by atoms with Gasteiger partial charge in [0.2, 0.25) is 5.88 Å². The Morgan fingerprint density at radius 2 is 1.95 bits per heavy atom. The van der Waals surface area contributed by atoms with E-state index < -0.39 is 5.82 Å². The maximum absolute atomic E-state index is 13.6. The Morgan fingerprint density at radius 1 is 1.19 bits per heavy atom. The zero-order valence-corrected chi connectivity index (χ0v) is 12.8. The van der Waals surface area contributed by atoms with E-state index in [1.165, 1.54) is 12.3 Å². The average molecular weight is 289 g/mol. The van der Waals surface area contributed by atoms with Crippen molar-refractivity contribution in [1.29, 1.82) is 0 Å².